The number of hydrogen-bond acceptors (Lipinski definition) is 2. The molecule has 2 aliphatic carbocycles. The van der Waals surface area contributed by atoms with Crippen LogP contribution in [0.1, 0.15) is 51.4 Å². The number of hydrogen-bond donors (Lipinski definition) is 0. The van der Waals surface area contributed by atoms with Gasteiger partial charge in [0.15, 0.2) is 0 Å². The minimum absolute atomic E-state index is 0.118. The smallest absolute Gasteiger partial charge is 0.243 e. The summed E-state index contributed by atoms with van der Waals surface area (Å²) in [5, 5.41) is 9.07. The Morgan fingerprint density at radius 1 is 1.00 bits per heavy atom. The van der Waals surface area contributed by atoms with Crippen molar-refractivity contribution in [3.8, 4) is 6.07 Å². The molecule has 0 radical (unpaired) electrons. The second-order valence-electron chi connectivity index (χ2n) is 6.19. The third kappa shape index (κ3) is 1.74. The zero-order valence-electron chi connectivity index (χ0n) is 10.4. The van der Waals surface area contributed by atoms with Crippen molar-refractivity contribution in [3.63, 3.8) is 0 Å². The van der Waals surface area contributed by atoms with Crippen LogP contribution in [-0.2, 0) is 4.79 Å². The molecule has 3 rings (SSSR count). The summed E-state index contributed by atoms with van der Waals surface area (Å²) in [6.45, 7) is 1.78. The fourth-order valence-electron chi connectivity index (χ4n) is 3.61. The highest BCUT2D eigenvalue weighted by atomic mass is 16.2. The van der Waals surface area contributed by atoms with E-state index in [4.69, 9.17) is 5.26 Å². The number of carbonyl (C=O) groups excluding carboxylic acids is 1. The van der Waals surface area contributed by atoms with Crippen molar-refractivity contribution >= 4 is 5.91 Å². The molecule has 3 nitrogen and oxygen atoms in total. The normalized spacial score (nSPS) is 29.0. The lowest BCUT2D eigenvalue weighted by Gasteiger charge is -2.40. The fraction of sp³-hybridized carbons (Fsp3) is 0.857. The quantitative estimate of drug-likeness (QED) is 0.697. The number of likely N-dealkylation sites (tertiary alicyclic amines) is 1. The van der Waals surface area contributed by atoms with Crippen molar-refractivity contribution in [2.24, 2.45) is 10.8 Å². The summed E-state index contributed by atoms with van der Waals surface area (Å²) in [6, 6.07) is 2.22. The van der Waals surface area contributed by atoms with Crippen LogP contribution in [-0.4, -0.2) is 23.9 Å². The van der Waals surface area contributed by atoms with E-state index in [9.17, 15) is 4.79 Å². The number of amides is 1. The molecule has 1 heterocycles. The van der Waals surface area contributed by atoms with Gasteiger partial charge in [-0.15, -0.1) is 0 Å². The second kappa shape index (κ2) is 3.73. The highest BCUT2D eigenvalue weighted by Crippen LogP contribution is 2.49. The SMILES string of the molecule is N#CC1(C(=O)N2CCC3(CCCC3)CC2)CC1. The maximum Gasteiger partial charge on any atom is 0.243 e. The zero-order chi connectivity index (χ0) is 11.9. The van der Waals surface area contributed by atoms with Crippen LogP contribution in [0.15, 0.2) is 0 Å². The van der Waals surface area contributed by atoms with Gasteiger partial charge in [0.25, 0.3) is 0 Å². The Kier molecular flexibility index (Phi) is 2.43. The van der Waals surface area contributed by atoms with Crippen molar-refractivity contribution in [1.82, 2.24) is 4.90 Å². The molecule has 0 unspecified atom stereocenters. The molecular formula is C14H20N2O. The lowest BCUT2D eigenvalue weighted by molar-refractivity contribution is -0.137. The summed E-state index contributed by atoms with van der Waals surface area (Å²) >= 11 is 0. The van der Waals surface area contributed by atoms with Crippen LogP contribution in [0.25, 0.3) is 0 Å². The van der Waals surface area contributed by atoms with Crippen molar-refractivity contribution in [3.05, 3.63) is 0 Å². The topological polar surface area (TPSA) is 44.1 Å². The molecule has 1 saturated heterocycles. The molecule has 0 aromatic carbocycles. The van der Waals surface area contributed by atoms with Crippen LogP contribution in [0.3, 0.4) is 0 Å². The Balaban J connectivity index is 1.62. The van der Waals surface area contributed by atoms with Gasteiger partial charge in [-0.2, -0.15) is 5.26 Å². The van der Waals surface area contributed by atoms with E-state index in [1.807, 2.05) is 4.90 Å². The van der Waals surface area contributed by atoms with Crippen LogP contribution in [0.2, 0.25) is 0 Å². The van der Waals surface area contributed by atoms with E-state index in [1.54, 1.807) is 0 Å². The van der Waals surface area contributed by atoms with Gasteiger partial charge in [-0.1, -0.05) is 12.8 Å². The third-order valence-corrected chi connectivity index (χ3v) is 5.15. The molecule has 2 saturated carbocycles. The van der Waals surface area contributed by atoms with Gasteiger partial charge in [0.2, 0.25) is 5.91 Å². The van der Waals surface area contributed by atoms with Crippen LogP contribution in [0, 0.1) is 22.2 Å². The minimum atomic E-state index is -0.611. The summed E-state index contributed by atoms with van der Waals surface area (Å²) in [5.41, 5.74) is -0.0552. The number of piperidine rings is 1. The molecule has 1 spiro atoms. The van der Waals surface area contributed by atoms with Crippen LogP contribution >= 0.6 is 0 Å². The van der Waals surface area contributed by atoms with Gasteiger partial charge in [-0.25, -0.2) is 0 Å². The lowest BCUT2D eigenvalue weighted by atomic mass is 9.77. The van der Waals surface area contributed by atoms with Crippen LogP contribution in [0.5, 0.6) is 0 Å². The van der Waals surface area contributed by atoms with Gasteiger partial charge in [0.1, 0.15) is 5.41 Å². The van der Waals surface area contributed by atoms with E-state index in [2.05, 4.69) is 6.07 Å². The first-order valence-corrected chi connectivity index (χ1v) is 6.91. The highest BCUT2D eigenvalue weighted by molar-refractivity contribution is 5.88. The predicted molar refractivity (Wildman–Crippen MR) is 64.0 cm³/mol. The van der Waals surface area contributed by atoms with Crippen LogP contribution < -0.4 is 0 Å². The minimum Gasteiger partial charge on any atom is -0.341 e. The first-order chi connectivity index (χ1) is 8.20. The molecule has 0 atom stereocenters. The second-order valence-corrected chi connectivity index (χ2v) is 6.19. The Labute approximate surface area is 103 Å². The molecule has 0 aromatic heterocycles. The van der Waals surface area contributed by atoms with Crippen molar-refractivity contribution < 1.29 is 4.79 Å². The summed E-state index contributed by atoms with van der Waals surface area (Å²) in [7, 11) is 0. The maximum atomic E-state index is 12.2. The van der Waals surface area contributed by atoms with Gasteiger partial charge in [0, 0.05) is 13.1 Å². The van der Waals surface area contributed by atoms with E-state index in [-0.39, 0.29) is 5.91 Å². The van der Waals surface area contributed by atoms with Gasteiger partial charge in [-0.3, -0.25) is 4.79 Å². The van der Waals surface area contributed by atoms with Gasteiger partial charge in [0.05, 0.1) is 6.07 Å². The van der Waals surface area contributed by atoms with Gasteiger partial charge >= 0.3 is 0 Å². The van der Waals surface area contributed by atoms with E-state index in [1.165, 1.54) is 38.5 Å². The molecule has 1 amide bonds. The number of carbonyl (C=O) groups is 1. The maximum absolute atomic E-state index is 12.2. The predicted octanol–water partition coefficient (Wildman–Crippen LogP) is 2.47. The van der Waals surface area contributed by atoms with Crippen molar-refractivity contribution in [1.29, 1.82) is 5.26 Å². The molecule has 3 fully saturated rings. The molecular weight excluding hydrogens is 212 g/mol. The summed E-state index contributed by atoms with van der Waals surface area (Å²) in [4.78, 5) is 14.2. The summed E-state index contributed by atoms with van der Waals surface area (Å²) < 4.78 is 0. The van der Waals surface area contributed by atoms with E-state index < -0.39 is 5.41 Å². The molecule has 0 bridgehead atoms. The lowest BCUT2D eigenvalue weighted by Crippen LogP contribution is -2.45. The molecule has 0 aromatic rings. The molecule has 0 N–H and O–H groups in total. The van der Waals surface area contributed by atoms with E-state index in [0.717, 1.165) is 25.9 Å². The molecule has 3 aliphatic rings. The zero-order valence-corrected chi connectivity index (χ0v) is 10.4. The standard InChI is InChI=1S/C14H20N2O/c15-11-14(5-6-14)12(17)16-9-7-13(8-10-16)3-1-2-4-13/h1-10H2. The molecule has 3 heteroatoms. The number of rotatable bonds is 1. The fourth-order valence-corrected chi connectivity index (χ4v) is 3.61. The van der Waals surface area contributed by atoms with E-state index in [0.29, 0.717) is 5.41 Å². The first kappa shape index (κ1) is 11.1. The van der Waals surface area contributed by atoms with E-state index >= 15 is 0 Å². The van der Waals surface area contributed by atoms with Crippen molar-refractivity contribution in [2.45, 2.75) is 51.4 Å². The monoisotopic (exact) mass is 232 g/mol. The highest BCUT2D eigenvalue weighted by Gasteiger charge is 2.53. The Bertz CT molecular complexity index is 362. The summed E-state index contributed by atoms with van der Waals surface area (Å²) in [6.07, 6.45) is 9.36. The Hall–Kier alpha value is -1.04. The Morgan fingerprint density at radius 3 is 2.06 bits per heavy atom. The van der Waals surface area contributed by atoms with Gasteiger partial charge < -0.3 is 4.90 Å². The largest absolute Gasteiger partial charge is 0.341 e. The molecule has 17 heavy (non-hydrogen) atoms. The number of nitrogens with zero attached hydrogens (tertiary/aromatic N) is 2. The third-order valence-electron chi connectivity index (χ3n) is 5.15. The molecule has 1 aliphatic heterocycles. The average molecular weight is 232 g/mol. The number of nitriles is 1. The Morgan fingerprint density at radius 2 is 1.59 bits per heavy atom. The van der Waals surface area contributed by atoms with Crippen LogP contribution in [0.4, 0.5) is 0 Å². The first-order valence-electron chi connectivity index (χ1n) is 6.91. The van der Waals surface area contributed by atoms with Crippen molar-refractivity contribution in [2.75, 3.05) is 13.1 Å². The van der Waals surface area contributed by atoms with Gasteiger partial charge in [-0.05, 0) is 43.9 Å². The average Bonchev–Trinajstić information content (AvgIpc) is 3.06. The molecule has 92 valence electrons. The summed E-state index contributed by atoms with van der Waals surface area (Å²) in [5.74, 6) is 0.118.